The third-order valence-corrected chi connectivity index (χ3v) is 5.76. The highest BCUT2D eigenvalue weighted by Crippen LogP contribution is 2.25. The number of benzene rings is 1. The van der Waals surface area contributed by atoms with E-state index in [0.717, 1.165) is 25.3 Å². The first kappa shape index (κ1) is 18.4. The van der Waals surface area contributed by atoms with Crippen molar-refractivity contribution < 1.29 is 12.8 Å². The highest BCUT2D eigenvalue weighted by atomic mass is 35.5. The number of halogens is 2. The number of sulfonamides is 1. The average molecular weight is 336 g/mol. The third-order valence-electron chi connectivity index (χ3n) is 3.32. The number of rotatable bonds is 8. The fourth-order valence-electron chi connectivity index (χ4n) is 2.18. The largest absolute Gasteiger partial charge is 0.243 e. The van der Waals surface area contributed by atoms with Crippen LogP contribution in [-0.2, 0) is 15.9 Å². The Morgan fingerprint density at radius 2 is 1.95 bits per heavy atom. The lowest BCUT2D eigenvalue weighted by Gasteiger charge is -2.26. The van der Waals surface area contributed by atoms with Gasteiger partial charge < -0.3 is 0 Å². The van der Waals surface area contributed by atoms with Crippen LogP contribution in [-0.4, -0.2) is 25.3 Å². The fourth-order valence-corrected chi connectivity index (χ4v) is 4.40. The quantitative estimate of drug-likeness (QED) is 0.528. The van der Waals surface area contributed by atoms with Gasteiger partial charge in [-0.3, -0.25) is 0 Å². The Morgan fingerprint density at radius 3 is 2.48 bits per heavy atom. The SMILES string of the molecule is CCCCCN(C(C)C)S(=O)(=O)c1cc(F)ccc1CCl. The van der Waals surface area contributed by atoms with Crippen molar-refractivity contribution in [1.29, 1.82) is 0 Å². The molecule has 0 saturated heterocycles. The molecule has 0 aliphatic rings. The molecule has 0 bridgehead atoms. The predicted molar refractivity (Wildman–Crippen MR) is 84.5 cm³/mol. The van der Waals surface area contributed by atoms with Crippen molar-refractivity contribution in [2.24, 2.45) is 0 Å². The molecule has 0 aromatic heterocycles. The molecule has 0 heterocycles. The lowest BCUT2D eigenvalue weighted by molar-refractivity contribution is 0.345. The fraction of sp³-hybridized carbons (Fsp3) is 0.600. The van der Waals surface area contributed by atoms with Crippen molar-refractivity contribution in [2.75, 3.05) is 6.54 Å². The zero-order valence-electron chi connectivity index (χ0n) is 12.8. The van der Waals surface area contributed by atoms with Crippen molar-refractivity contribution in [3.63, 3.8) is 0 Å². The Kier molecular flexibility index (Phi) is 7.10. The summed E-state index contributed by atoms with van der Waals surface area (Å²) in [6, 6.07) is 3.54. The molecule has 0 radical (unpaired) electrons. The summed E-state index contributed by atoms with van der Waals surface area (Å²) in [7, 11) is -3.74. The maximum Gasteiger partial charge on any atom is 0.243 e. The van der Waals surface area contributed by atoms with Gasteiger partial charge >= 0.3 is 0 Å². The first-order valence-electron chi connectivity index (χ1n) is 7.20. The number of unbranched alkanes of at least 4 members (excludes halogenated alkanes) is 2. The third kappa shape index (κ3) is 4.66. The highest BCUT2D eigenvalue weighted by Gasteiger charge is 2.28. The highest BCUT2D eigenvalue weighted by molar-refractivity contribution is 7.89. The summed E-state index contributed by atoms with van der Waals surface area (Å²) in [6.07, 6.45) is 2.77. The minimum Gasteiger partial charge on any atom is -0.207 e. The summed E-state index contributed by atoms with van der Waals surface area (Å²) in [4.78, 5) is -0.0253. The lowest BCUT2D eigenvalue weighted by Crippen LogP contribution is -2.38. The van der Waals surface area contributed by atoms with Gasteiger partial charge in [-0.15, -0.1) is 11.6 Å². The van der Waals surface area contributed by atoms with Crippen molar-refractivity contribution in [3.8, 4) is 0 Å². The van der Waals surface area contributed by atoms with Crippen LogP contribution >= 0.6 is 11.6 Å². The smallest absolute Gasteiger partial charge is 0.207 e. The van der Waals surface area contributed by atoms with Crippen LogP contribution in [0.5, 0.6) is 0 Å². The zero-order chi connectivity index (χ0) is 16.0. The van der Waals surface area contributed by atoms with Gasteiger partial charge in [-0.1, -0.05) is 25.8 Å². The van der Waals surface area contributed by atoms with Crippen LogP contribution in [0.3, 0.4) is 0 Å². The van der Waals surface area contributed by atoms with E-state index in [9.17, 15) is 12.8 Å². The minimum absolute atomic E-state index is 0.0253. The molecular formula is C15H23ClFNO2S. The first-order chi connectivity index (χ1) is 9.84. The molecule has 21 heavy (non-hydrogen) atoms. The summed E-state index contributed by atoms with van der Waals surface area (Å²) in [5, 5.41) is 0. The van der Waals surface area contributed by atoms with Crippen LogP contribution < -0.4 is 0 Å². The van der Waals surface area contributed by atoms with E-state index in [0.29, 0.717) is 12.1 Å². The molecule has 0 aliphatic carbocycles. The molecule has 0 saturated carbocycles. The molecule has 1 aromatic rings. The molecular weight excluding hydrogens is 313 g/mol. The second-order valence-corrected chi connectivity index (χ2v) is 7.43. The van der Waals surface area contributed by atoms with Crippen LogP contribution in [0.1, 0.15) is 45.6 Å². The van der Waals surface area contributed by atoms with Gasteiger partial charge in [-0.05, 0) is 38.0 Å². The molecule has 0 N–H and O–H groups in total. The number of nitrogens with zero attached hydrogens (tertiary/aromatic N) is 1. The van der Waals surface area contributed by atoms with E-state index >= 15 is 0 Å². The zero-order valence-corrected chi connectivity index (χ0v) is 14.3. The van der Waals surface area contributed by atoms with Gasteiger partial charge in [0.15, 0.2) is 0 Å². The molecule has 0 fully saturated rings. The van der Waals surface area contributed by atoms with E-state index in [2.05, 4.69) is 6.92 Å². The van der Waals surface area contributed by atoms with E-state index in [1.165, 1.54) is 16.4 Å². The van der Waals surface area contributed by atoms with Gasteiger partial charge in [0, 0.05) is 18.5 Å². The van der Waals surface area contributed by atoms with Crippen molar-refractivity contribution in [3.05, 3.63) is 29.6 Å². The molecule has 0 spiro atoms. The molecule has 0 atom stereocenters. The Hall–Kier alpha value is -0.650. The van der Waals surface area contributed by atoms with Crippen LogP contribution in [0.25, 0.3) is 0 Å². The summed E-state index contributed by atoms with van der Waals surface area (Å²) < 4.78 is 40.5. The minimum atomic E-state index is -3.74. The molecule has 3 nitrogen and oxygen atoms in total. The number of alkyl halides is 1. The molecule has 1 rings (SSSR count). The number of hydrogen-bond donors (Lipinski definition) is 0. The van der Waals surface area contributed by atoms with E-state index in [1.807, 2.05) is 13.8 Å². The van der Waals surface area contributed by atoms with Crippen LogP contribution in [0.4, 0.5) is 4.39 Å². The summed E-state index contributed by atoms with van der Waals surface area (Å²) in [6.45, 7) is 6.14. The Balaban J connectivity index is 3.19. The maximum absolute atomic E-state index is 13.5. The van der Waals surface area contributed by atoms with Crippen molar-refractivity contribution in [1.82, 2.24) is 4.31 Å². The Morgan fingerprint density at radius 1 is 1.29 bits per heavy atom. The Bertz CT molecular complexity index is 561. The number of hydrogen-bond acceptors (Lipinski definition) is 2. The second kappa shape index (κ2) is 8.11. The molecule has 0 amide bonds. The summed E-state index contributed by atoms with van der Waals surface area (Å²) in [5.74, 6) is -0.532. The molecule has 6 heteroatoms. The average Bonchev–Trinajstić information content (AvgIpc) is 2.42. The molecule has 0 unspecified atom stereocenters. The van der Waals surface area contributed by atoms with Gasteiger partial charge in [0.05, 0.1) is 4.90 Å². The standard InChI is InChI=1S/C15H23ClFNO2S/c1-4-5-6-9-18(12(2)3)21(19,20)15-10-14(17)8-7-13(15)11-16/h7-8,10,12H,4-6,9,11H2,1-3H3. The Labute approximate surface area is 132 Å². The topological polar surface area (TPSA) is 37.4 Å². The van der Waals surface area contributed by atoms with E-state index in [1.54, 1.807) is 0 Å². The van der Waals surface area contributed by atoms with Gasteiger partial charge in [-0.2, -0.15) is 4.31 Å². The maximum atomic E-state index is 13.5. The van der Waals surface area contributed by atoms with Crippen LogP contribution in [0, 0.1) is 5.82 Å². The monoisotopic (exact) mass is 335 g/mol. The second-order valence-electron chi connectivity index (χ2n) is 5.30. The molecule has 120 valence electrons. The van der Waals surface area contributed by atoms with Crippen LogP contribution in [0.15, 0.2) is 23.1 Å². The molecule has 0 aliphatic heterocycles. The van der Waals surface area contributed by atoms with Crippen molar-refractivity contribution >= 4 is 21.6 Å². The van der Waals surface area contributed by atoms with E-state index in [-0.39, 0.29) is 16.8 Å². The van der Waals surface area contributed by atoms with Gasteiger partial charge in [-0.25, -0.2) is 12.8 Å². The first-order valence-corrected chi connectivity index (χ1v) is 9.18. The van der Waals surface area contributed by atoms with Crippen LogP contribution in [0.2, 0.25) is 0 Å². The predicted octanol–water partition coefficient (Wildman–Crippen LogP) is 4.15. The van der Waals surface area contributed by atoms with Gasteiger partial charge in [0.25, 0.3) is 0 Å². The van der Waals surface area contributed by atoms with Gasteiger partial charge in [0.1, 0.15) is 5.82 Å². The molecule has 1 aromatic carbocycles. The summed E-state index contributed by atoms with van der Waals surface area (Å²) >= 11 is 5.80. The summed E-state index contributed by atoms with van der Waals surface area (Å²) in [5.41, 5.74) is 0.430. The van der Waals surface area contributed by atoms with E-state index in [4.69, 9.17) is 11.6 Å². The lowest BCUT2D eigenvalue weighted by atomic mass is 10.2. The van der Waals surface area contributed by atoms with E-state index < -0.39 is 15.8 Å². The normalized spacial score (nSPS) is 12.3. The van der Waals surface area contributed by atoms with Gasteiger partial charge in [0.2, 0.25) is 10.0 Å². The van der Waals surface area contributed by atoms with Crippen molar-refractivity contribution in [2.45, 2.75) is 56.9 Å².